The number of hydrogen-bond donors (Lipinski definition) is 5. The fourth-order valence-electron chi connectivity index (χ4n) is 2.11. The number of pyridine rings is 1. The van der Waals surface area contributed by atoms with Gasteiger partial charge in [0.25, 0.3) is 5.56 Å². The number of carboxylic acid groups (broad SMARTS) is 2. The maximum Gasteiger partial charge on any atom is 0.342 e. The molecule has 8 heteroatoms. The Kier molecular flexibility index (Phi) is 3.95. The zero-order valence-corrected chi connectivity index (χ0v) is 11.2. The van der Waals surface area contributed by atoms with E-state index in [0.717, 1.165) is 0 Å². The largest absolute Gasteiger partial charge is 0.478 e. The SMILES string of the molecule is Nc1[nH]c(=O)c(C(=O)O)c(-c2ccc(CO)cc2)c1C(=O)O. The first kappa shape index (κ1) is 15.3. The number of nitrogens with two attached hydrogens (primary N) is 1. The van der Waals surface area contributed by atoms with E-state index in [4.69, 9.17) is 10.8 Å². The molecule has 2 aromatic rings. The first-order chi connectivity index (χ1) is 10.4. The number of aromatic nitrogens is 1. The highest BCUT2D eigenvalue weighted by Gasteiger charge is 2.26. The molecule has 2 rings (SSSR count). The number of rotatable bonds is 4. The van der Waals surface area contributed by atoms with Gasteiger partial charge in [-0.2, -0.15) is 0 Å². The summed E-state index contributed by atoms with van der Waals surface area (Å²) < 4.78 is 0. The molecule has 0 amide bonds. The van der Waals surface area contributed by atoms with Gasteiger partial charge in [0.15, 0.2) is 0 Å². The lowest BCUT2D eigenvalue weighted by Gasteiger charge is -2.12. The van der Waals surface area contributed by atoms with Gasteiger partial charge >= 0.3 is 11.9 Å². The van der Waals surface area contributed by atoms with Crippen molar-refractivity contribution in [3.05, 3.63) is 51.3 Å². The number of anilines is 1. The predicted molar refractivity (Wildman–Crippen MR) is 76.8 cm³/mol. The molecule has 0 aliphatic rings. The van der Waals surface area contributed by atoms with E-state index in [2.05, 4.69) is 0 Å². The second-order valence-electron chi connectivity index (χ2n) is 4.46. The number of aromatic amines is 1. The third-order valence-corrected chi connectivity index (χ3v) is 3.10. The second-order valence-corrected chi connectivity index (χ2v) is 4.46. The van der Waals surface area contributed by atoms with Crippen molar-refractivity contribution in [1.82, 2.24) is 4.98 Å². The van der Waals surface area contributed by atoms with Crippen molar-refractivity contribution in [3.8, 4) is 11.1 Å². The minimum Gasteiger partial charge on any atom is -0.478 e. The summed E-state index contributed by atoms with van der Waals surface area (Å²) in [4.78, 5) is 36.6. The molecule has 0 aliphatic heterocycles. The molecule has 8 nitrogen and oxygen atoms in total. The molecule has 22 heavy (non-hydrogen) atoms. The van der Waals surface area contributed by atoms with Gasteiger partial charge in [-0.3, -0.25) is 4.79 Å². The quantitative estimate of drug-likeness (QED) is 0.551. The summed E-state index contributed by atoms with van der Waals surface area (Å²) >= 11 is 0. The molecule has 6 N–H and O–H groups in total. The number of carbonyl (C=O) groups is 2. The summed E-state index contributed by atoms with van der Waals surface area (Å²) in [6, 6.07) is 5.81. The van der Waals surface area contributed by atoms with Gasteiger partial charge < -0.3 is 26.0 Å². The molecule has 0 atom stereocenters. The van der Waals surface area contributed by atoms with Crippen LogP contribution in [0.15, 0.2) is 29.1 Å². The maximum atomic E-state index is 11.8. The monoisotopic (exact) mass is 304 g/mol. The van der Waals surface area contributed by atoms with Crippen LogP contribution in [0, 0.1) is 0 Å². The van der Waals surface area contributed by atoms with Crippen molar-refractivity contribution in [3.63, 3.8) is 0 Å². The highest BCUT2D eigenvalue weighted by molar-refractivity contribution is 6.07. The maximum absolute atomic E-state index is 11.8. The van der Waals surface area contributed by atoms with E-state index in [1.165, 1.54) is 24.3 Å². The van der Waals surface area contributed by atoms with Crippen LogP contribution < -0.4 is 11.3 Å². The van der Waals surface area contributed by atoms with Gasteiger partial charge in [0.1, 0.15) is 16.9 Å². The van der Waals surface area contributed by atoms with E-state index in [1.54, 1.807) is 0 Å². The number of carboxylic acids is 2. The zero-order valence-electron chi connectivity index (χ0n) is 11.2. The number of hydrogen-bond acceptors (Lipinski definition) is 5. The molecular weight excluding hydrogens is 292 g/mol. The van der Waals surface area contributed by atoms with Crippen molar-refractivity contribution in [1.29, 1.82) is 0 Å². The number of benzene rings is 1. The number of aromatic carboxylic acids is 2. The van der Waals surface area contributed by atoms with Gasteiger partial charge in [0.2, 0.25) is 0 Å². The Morgan fingerprint density at radius 1 is 1.05 bits per heavy atom. The average Bonchev–Trinajstić information content (AvgIpc) is 2.45. The van der Waals surface area contributed by atoms with E-state index in [9.17, 15) is 24.6 Å². The van der Waals surface area contributed by atoms with Crippen molar-refractivity contribution < 1.29 is 24.9 Å². The average molecular weight is 304 g/mol. The lowest BCUT2D eigenvalue weighted by molar-refractivity contribution is 0.0695. The van der Waals surface area contributed by atoms with Crippen LogP contribution in [0.2, 0.25) is 0 Å². The summed E-state index contributed by atoms with van der Waals surface area (Å²) in [6.07, 6.45) is 0. The summed E-state index contributed by atoms with van der Waals surface area (Å²) in [5.74, 6) is -3.45. The predicted octanol–water partition coefficient (Wildman–Crippen LogP) is 0.513. The second kappa shape index (κ2) is 5.70. The minimum absolute atomic E-state index is 0.199. The van der Waals surface area contributed by atoms with Crippen LogP contribution in [0.4, 0.5) is 5.82 Å². The number of aliphatic hydroxyl groups is 1. The van der Waals surface area contributed by atoms with E-state index in [-0.39, 0.29) is 17.7 Å². The third kappa shape index (κ3) is 2.54. The number of aliphatic hydroxyl groups excluding tert-OH is 1. The van der Waals surface area contributed by atoms with Gasteiger partial charge in [0, 0.05) is 5.56 Å². The Morgan fingerprint density at radius 2 is 1.59 bits per heavy atom. The molecule has 0 saturated carbocycles. The highest BCUT2D eigenvalue weighted by Crippen LogP contribution is 2.29. The highest BCUT2D eigenvalue weighted by atomic mass is 16.4. The third-order valence-electron chi connectivity index (χ3n) is 3.10. The van der Waals surface area contributed by atoms with Gasteiger partial charge in [-0.25, -0.2) is 9.59 Å². The lowest BCUT2D eigenvalue weighted by atomic mass is 9.95. The first-order valence-corrected chi connectivity index (χ1v) is 6.09. The standard InChI is InChI=1S/C14H12N2O6/c15-11-9(13(19)20)8(10(14(21)22)12(18)16-11)7-3-1-6(5-17)2-4-7/h1-4,17H,5H2,(H,19,20)(H,21,22)(H3,15,16,18). The van der Waals surface area contributed by atoms with E-state index < -0.39 is 34.4 Å². The van der Waals surface area contributed by atoms with Crippen molar-refractivity contribution >= 4 is 17.8 Å². The number of nitrogens with one attached hydrogen (secondary N) is 1. The molecule has 0 aliphatic carbocycles. The van der Waals surface area contributed by atoms with E-state index in [0.29, 0.717) is 5.56 Å². The minimum atomic E-state index is -1.56. The Balaban J connectivity index is 2.88. The molecule has 0 fully saturated rings. The van der Waals surface area contributed by atoms with Crippen LogP contribution >= 0.6 is 0 Å². The molecule has 0 saturated heterocycles. The van der Waals surface area contributed by atoms with E-state index in [1.807, 2.05) is 4.98 Å². The Morgan fingerprint density at radius 3 is 2.05 bits per heavy atom. The van der Waals surface area contributed by atoms with Crippen molar-refractivity contribution in [2.45, 2.75) is 6.61 Å². The lowest BCUT2D eigenvalue weighted by Crippen LogP contribution is -2.24. The molecule has 1 aromatic carbocycles. The van der Waals surface area contributed by atoms with Crippen LogP contribution in [0.3, 0.4) is 0 Å². The summed E-state index contributed by atoms with van der Waals surface area (Å²) in [6.45, 7) is -0.227. The molecule has 1 aromatic heterocycles. The van der Waals surface area contributed by atoms with Crippen LogP contribution in [0.5, 0.6) is 0 Å². The fourth-order valence-corrected chi connectivity index (χ4v) is 2.11. The molecule has 0 radical (unpaired) electrons. The molecular formula is C14H12N2O6. The van der Waals surface area contributed by atoms with Crippen LogP contribution in [0.1, 0.15) is 26.3 Å². The van der Waals surface area contributed by atoms with Gasteiger partial charge in [-0.05, 0) is 11.1 Å². The molecule has 0 spiro atoms. The van der Waals surface area contributed by atoms with Crippen LogP contribution in [0.25, 0.3) is 11.1 Å². The van der Waals surface area contributed by atoms with Gasteiger partial charge in [-0.1, -0.05) is 24.3 Å². The molecule has 114 valence electrons. The van der Waals surface area contributed by atoms with Gasteiger partial charge in [-0.15, -0.1) is 0 Å². The van der Waals surface area contributed by atoms with Gasteiger partial charge in [0.05, 0.1) is 6.61 Å². The number of nitrogen functional groups attached to an aromatic ring is 1. The summed E-state index contributed by atoms with van der Waals surface area (Å²) in [5, 5.41) is 27.5. The molecule has 0 unspecified atom stereocenters. The smallest absolute Gasteiger partial charge is 0.342 e. The van der Waals surface area contributed by atoms with Crippen molar-refractivity contribution in [2.75, 3.05) is 5.73 Å². The first-order valence-electron chi connectivity index (χ1n) is 6.09. The number of H-pyrrole nitrogens is 1. The molecule has 0 bridgehead atoms. The normalized spacial score (nSPS) is 10.4. The van der Waals surface area contributed by atoms with Crippen LogP contribution in [-0.4, -0.2) is 32.2 Å². The Bertz CT molecular complexity index is 807. The topological polar surface area (TPSA) is 154 Å². The Hall–Kier alpha value is -3.13. The van der Waals surface area contributed by atoms with E-state index >= 15 is 0 Å². The van der Waals surface area contributed by atoms with Crippen molar-refractivity contribution in [2.24, 2.45) is 0 Å². The molecule has 1 heterocycles. The summed E-state index contributed by atoms with van der Waals surface area (Å²) in [5.41, 5.74) is 3.81. The zero-order chi connectivity index (χ0) is 16.4. The fraction of sp³-hybridized carbons (Fsp3) is 0.0714. The van der Waals surface area contributed by atoms with Crippen LogP contribution in [-0.2, 0) is 6.61 Å². The Labute approximate surface area is 123 Å². The summed E-state index contributed by atoms with van der Waals surface area (Å²) in [7, 11) is 0.